The van der Waals surface area contributed by atoms with Crippen molar-refractivity contribution in [1.82, 2.24) is 5.32 Å². The Morgan fingerprint density at radius 3 is 2.71 bits per heavy atom. The molecule has 0 bridgehead atoms. The third-order valence-corrected chi connectivity index (χ3v) is 5.53. The maximum absolute atomic E-state index is 12.2. The summed E-state index contributed by atoms with van der Waals surface area (Å²) >= 11 is 3.52. The lowest BCUT2D eigenvalue weighted by molar-refractivity contribution is -0.125. The van der Waals surface area contributed by atoms with Gasteiger partial charge >= 0.3 is 0 Å². The first-order valence-electron chi connectivity index (χ1n) is 7.94. The van der Waals surface area contributed by atoms with Crippen LogP contribution in [-0.2, 0) is 17.6 Å². The molecule has 3 N–H and O–H groups in total. The Bertz CT molecular complexity index is 540. The maximum atomic E-state index is 12.2. The number of benzene rings is 1. The fourth-order valence-electron chi connectivity index (χ4n) is 3.80. The molecule has 4 heteroatoms. The lowest BCUT2D eigenvalue weighted by Gasteiger charge is -2.40. The standard InChI is InChI=1S/C17H23BrN2O/c18-14-7-6-13-11-17(16(19)21,9-8-12(13)10-14)20-15-4-2-1-3-5-15/h6-7,10,15,20H,1-5,8-9,11H2,(H2,19,21). The van der Waals surface area contributed by atoms with Gasteiger partial charge in [-0.2, -0.15) is 0 Å². The van der Waals surface area contributed by atoms with E-state index < -0.39 is 5.54 Å². The highest BCUT2D eigenvalue weighted by Crippen LogP contribution is 2.32. The highest BCUT2D eigenvalue weighted by molar-refractivity contribution is 9.10. The van der Waals surface area contributed by atoms with E-state index in [1.807, 2.05) is 0 Å². The summed E-state index contributed by atoms with van der Waals surface area (Å²) in [7, 11) is 0. The molecule has 1 atom stereocenters. The maximum Gasteiger partial charge on any atom is 0.238 e. The van der Waals surface area contributed by atoms with Crippen LogP contribution in [0.2, 0.25) is 0 Å². The number of hydrogen-bond donors (Lipinski definition) is 2. The number of carbonyl (C=O) groups is 1. The van der Waals surface area contributed by atoms with Gasteiger partial charge in [-0.3, -0.25) is 4.79 Å². The van der Waals surface area contributed by atoms with E-state index in [1.54, 1.807) is 0 Å². The Morgan fingerprint density at radius 2 is 2.00 bits per heavy atom. The van der Waals surface area contributed by atoms with Crippen molar-refractivity contribution >= 4 is 21.8 Å². The molecule has 3 rings (SSSR count). The lowest BCUT2D eigenvalue weighted by Crippen LogP contribution is -2.61. The van der Waals surface area contributed by atoms with Crippen molar-refractivity contribution in [2.75, 3.05) is 0 Å². The molecule has 1 unspecified atom stereocenters. The normalized spacial score (nSPS) is 26.3. The molecular weight excluding hydrogens is 328 g/mol. The molecule has 1 saturated carbocycles. The number of aryl methyl sites for hydroxylation is 1. The van der Waals surface area contributed by atoms with Crippen molar-refractivity contribution in [2.45, 2.75) is 62.9 Å². The highest BCUT2D eigenvalue weighted by atomic mass is 79.9. The van der Waals surface area contributed by atoms with Crippen LogP contribution < -0.4 is 11.1 Å². The fraction of sp³-hybridized carbons (Fsp3) is 0.588. The Balaban J connectivity index is 1.82. The van der Waals surface area contributed by atoms with Gasteiger partial charge in [0.2, 0.25) is 5.91 Å². The van der Waals surface area contributed by atoms with Crippen molar-refractivity contribution in [1.29, 1.82) is 0 Å². The van der Waals surface area contributed by atoms with E-state index in [9.17, 15) is 4.79 Å². The lowest BCUT2D eigenvalue weighted by atomic mass is 9.76. The Labute approximate surface area is 134 Å². The van der Waals surface area contributed by atoms with Crippen molar-refractivity contribution in [3.63, 3.8) is 0 Å². The van der Waals surface area contributed by atoms with Gasteiger partial charge in [0, 0.05) is 10.5 Å². The largest absolute Gasteiger partial charge is 0.368 e. The average molecular weight is 351 g/mol. The first-order chi connectivity index (χ1) is 10.1. The molecule has 0 aromatic heterocycles. The summed E-state index contributed by atoms with van der Waals surface area (Å²) in [5.74, 6) is -0.193. The third-order valence-electron chi connectivity index (χ3n) is 5.04. The molecule has 2 aliphatic carbocycles. The van der Waals surface area contributed by atoms with Crippen LogP contribution in [0.1, 0.15) is 49.7 Å². The summed E-state index contributed by atoms with van der Waals surface area (Å²) in [5.41, 5.74) is 7.84. The number of fused-ring (bicyclic) bond motifs is 1. The number of amides is 1. The molecule has 0 saturated heterocycles. The number of carbonyl (C=O) groups excluding carboxylic acids is 1. The van der Waals surface area contributed by atoms with Crippen LogP contribution in [0.3, 0.4) is 0 Å². The molecular formula is C17H23BrN2O. The minimum Gasteiger partial charge on any atom is -0.368 e. The van der Waals surface area contributed by atoms with Gasteiger partial charge in [-0.1, -0.05) is 41.3 Å². The summed E-state index contributed by atoms with van der Waals surface area (Å²) in [6.07, 6.45) is 8.62. The Hall–Kier alpha value is -0.870. The van der Waals surface area contributed by atoms with Gasteiger partial charge in [-0.05, 0) is 55.4 Å². The van der Waals surface area contributed by atoms with Crippen molar-refractivity contribution in [2.24, 2.45) is 5.73 Å². The molecule has 1 fully saturated rings. The van der Waals surface area contributed by atoms with Gasteiger partial charge in [0.25, 0.3) is 0 Å². The van der Waals surface area contributed by atoms with Gasteiger partial charge in [0.05, 0.1) is 0 Å². The van der Waals surface area contributed by atoms with Crippen LogP contribution in [0.15, 0.2) is 22.7 Å². The van der Waals surface area contributed by atoms with E-state index in [0.717, 1.165) is 23.7 Å². The quantitative estimate of drug-likeness (QED) is 0.879. The molecule has 0 heterocycles. The summed E-state index contributed by atoms with van der Waals surface area (Å²) in [5, 5.41) is 3.64. The summed E-state index contributed by atoms with van der Waals surface area (Å²) < 4.78 is 1.10. The zero-order valence-electron chi connectivity index (χ0n) is 12.3. The van der Waals surface area contributed by atoms with Crippen LogP contribution in [0.25, 0.3) is 0 Å². The van der Waals surface area contributed by atoms with Crippen molar-refractivity contribution < 1.29 is 4.79 Å². The van der Waals surface area contributed by atoms with E-state index in [4.69, 9.17) is 5.73 Å². The summed E-state index contributed by atoms with van der Waals surface area (Å²) in [6, 6.07) is 6.79. The van der Waals surface area contributed by atoms with Crippen LogP contribution in [0, 0.1) is 0 Å². The van der Waals surface area contributed by atoms with Crippen LogP contribution >= 0.6 is 15.9 Å². The van der Waals surface area contributed by atoms with Crippen molar-refractivity contribution in [3.8, 4) is 0 Å². The van der Waals surface area contributed by atoms with Gasteiger partial charge in [0.1, 0.15) is 5.54 Å². The second-order valence-corrected chi connectivity index (χ2v) is 7.43. The van der Waals surface area contributed by atoms with Gasteiger partial charge in [-0.15, -0.1) is 0 Å². The Kier molecular flexibility index (Phi) is 4.36. The minimum absolute atomic E-state index is 0.193. The van der Waals surface area contributed by atoms with Crippen LogP contribution in [0.5, 0.6) is 0 Å². The number of rotatable bonds is 3. The van der Waals surface area contributed by atoms with E-state index in [1.165, 1.54) is 43.2 Å². The molecule has 1 amide bonds. The zero-order chi connectivity index (χ0) is 14.9. The SMILES string of the molecule is NC(=O)C1(NC2CCCCC2)CCc2cc(Br)ccc2C1. The van der Waals surface area contributed by atoms with Crippen LogP contribution in [-0.4, -0.2) is 17.5 Å². The minimum atomic E-state index is -0.553. The fourth-order valence-corrected chi connectivity index (χ4v) is 4.21. The van der Waals surface area contributed by atoms with Crippen molar-refractivity contribution in [3.05, 3.63) is 33.8 Å². The molecule has 1 aromatic carbocycles. The van der Waals surface area contributed by atoms with Crippen LogP contribution in [0.4, 0.5) is 0 Å². The molecule has 0 aliphatic heterocycles. The highest BCUT2D eigenvalue weighted by Gasteiger charge is 2.41. The predicted molar refractivity (Wildman–Crippen MR) is 88.1 cm³/mol. The molecule has 1 aromatic rings. The summed E-state index contributed by atoms with van der Waals surface area (Å²) in [4.78, 5) is 12.2. The first-order valence-corrected chi connectivity index (χ1v) is 8.73. The molecule has 2 aliphatic rings. The Morgan fingerprint density at radius 1 is 1.24 bits per heavy atom. The smallest absolute Gasteiger partial charge is 0.238 e. The molecule has 3 nitrogen and oxygen atoms in total. The number of primary amides is 1. The second kappa shape index (κ2) is 6.09. The number of hydrogen-bond acceptors (Lipinski definition) is 2. The second-order valence-electron chi connectivity index (χ2n) is 6.52. The van der Waals surface area contributed by atoms with Gasteiger partial charge in [0.15, 0.2) is 0 Å². The average Bonchev–Trinajstić information content (AvgIpc) is 2.48. The molecule has 0 spiro atoms. The van der Waals surface area contributed by atoms with E-state index >= 15 is 0 Å². The monoisotopic (exact) mass is 350 g/mol. The zero-order valence-corrected chi connectivity index (χ0v) is 13.9. The summed E-state index contributed by atoms with van der Waals surface area (Å²) in [6.45, 7) is 0. The first kappa shape index (κ1) is 15.0. The molecule has 0 radical (unpaired) electrons. The molecule has 21 heavy (non-hydrogen) atoms. The topological polar surface area (TPSA) is 55.1 Å². The predicted octanol–water partition coefficient (Wildman–Crippen LogP) is 3.08. The number of nitrogens with two attached hydrogens (primary N) is 1. The third kappa shape index (κ3) is 3.16. The van der Waals surface area contributed by atoms with E-state index in [0.29, 0.717) is 6.04 Å². The number of halogens is 1. The van der Waals surface area contributed by atoms with Gasteiger partial charge < -0.3 is 11.1 Å². The van der Waals surface area contributed by atoms with Gasteiger partial charge in [-0.25, -0.2) is 0 Å². The van der Waals surface area contributed by atoms with E-state index in [2.05, 4.69) is 39.4 Å². The van der Waals surface area contributed by atoms with E-state index in [-0.39, 0.29) is 5.91 Å². The molecule has 114 valence electrons. The number of nitrogens with one attached hydrogen (secondary N) is 1.